The largest absolute Gasteiger partial charge is 0.274 e. The molecule has 0 N–H and O–H groups in total. The van der Waals surface area contributed by atoms with Crippen molar-refractivity contribution in [2.45, 2.75) is 53.1 Å². The van der Waals surface area contributed by atoms with E-state index in [-0.39, 0.29) is 0 Å². The van der Waals surface area contributed by atoms with Gasteiger partial charge < -0.3 is 0 Å². The van der Waals surface area contributed by atoms with Gasteiger partial charge in [-0.15, -0.1) is 0 Å². The van der Waals surface area contributed by atoms with E-state index in [0.29, 0.717) is 11.6 Å². The van der Waals surface area contributed by atoms with Crippen molar-refractivity contribution in [2.75, 3.05) is 6.54 Å². The van der Waals surface area contributed by atoms with E-state index in [2.05, 4.69) is 54.0 Å². The van der Waals surface area contributed by atoms with Gasteiger partial charge in [0.15, 0.2) is 0 Å². The number of halogens is 1. The van der Waals surface area contributed by atoms with Gasteiger partial charge in [-0.1, -0.05) is 34.1 Å². The molecule has 0 aromatic carbocycles. The van der Waals surface area contributed by atoms with Gasteiger partial charge in [0.2, 0.25) is 0 Å². The van der Waals surface area contributed by atoms with E-state index in [4.69, 9.17) is 0 Å². The summed E-state index contributed by atoms with van der Waals surface area (Å²) in [5, 5.41) is 6.59. The number of hydrogen-bond acceptors (Lipinski definition) is 3. The molecule has 4 heteroatoms. The van der Waals surface area contributed by atoms with Crippen LogP contribution in [0.4, 0.5) is 0 Å². The van der Waals surface area contributed by atoms with E-state index in [1.165, 1.54) is 12.8 Å². The Kier molecular flexibility index (Phi) is 4.44. The van der Waals surface area contributed by atoms with Gasteiger partial charge in [0, 0.05) is 6.54 Å². The molecule has 88 valence electrons. The molecular formula is C11H22BrN3. The molecule has 1 aliphatic rings. The number of unbranched alkanes of at least 4 members (excludes halogenated alkanes) is 1. The van der Waals surface area contributed by atoms with Crippen molar-refractivity contribution >= 4 is 22.5 Å². The van der Waals surface area contributed by atoms with Crippen molar-refractivity contribution < 1.29 is 0 Å². The van der Waals surface area contributed by atoms with Gasteiger partial charge in [-0.3, -0.25) is 8.93 Å². The molecular weight excluding hydrogens is 254 g/mol. The molecule has 1 heterocycles. The topological polar surface area (TPSA) is 18.8 Å². The minimum absolute atomic E-state index is 0.328. The third-order valence-corrected chi connectivity index (χ3v) is 3.13. The van der Waals surface area contributed by atoms with E-state index in [1.807, 2.05) is 10.3 Å². The quantitative estimate of drug-likeness (QED) is 0.733. The van der Waals surface area contributed by atoms with Gasteiger partial charge in [-0.2, -0.15) is 5.10 Å². The summed E-state index contributed by atoms with van der Waals surface area (Å²) in [4.78, 5) is 0. The van der Waals surface area contributed by atoms with E-state index < -0.39 is 0 Å². The molecule has 0 aromatic rings. The van der Waals surface area contributed by atoms with Crippen molar-refractivity contribution in [2.24, 2.45) is 10.5 Å². The SMILES string of the molecule is CCCCN1N=CN(Br)C1CC(C)(C)C. The van der Waals surface area contributed by atoms with Gasteiger partial charge in [0.05, 0.1) is 16.1 Å². The molecule has 0 aliphatic carbocycles. The maximum atomic E-state index is 4.41. The van der Waals surface area contributed by atoms with Crippen LogP contribution in [0.25, 0.3) is 0 Å². The Morgan fingerprint density at radius 1 is 1.40 bits per heavy atom. The van der Waals surface area contributed by atoms with Crippen LogP contribution < -0.4 is 0 Å². The third kappa shape index (κ3) is 4.01. The Morgan fingerprint density at radius 3 is 2.60 bits per heavy atom. The second-order valence-corrected chi connectivity index (χ2v) is 6.16. The van der Waals surface area contributed by atoms with E-state index >= 15 is 0 Å². The molecule has 0 saturated heterocycles. The lowest BCUT2D eigenvalue weighted by molar-refractivity contribution is 0.130. The number of nitrogens with zero attached hydrogens (tertiary/aromatic N) is 3. The normalized spacial score (nSPS) is 21.5. The standard InChI is InChI=1S/C11H22BrN3/c1-5-6-7-15-10(8-11(2,3)4)14(12)9-13-15/h9-10H,5-8H2,1-4H3. The predicted octanol–water partition coefficient (Wildman–Crippen LogP) is 3.42. The van der Waals surface area contributed by atoms with Gasteiger partial charge in [-0.25, -0.2) is 0 Å². The number of hydrazone groups is 1. The van der Waals surface area contributed by atoms with Crippen LogP contribution in [0, 0.1) is 5.41 Å². The Hall–Kier alpha value is -0.250. The van der Waals surface area contributed by atoms with Crippen LogP contribution in [0.5, 0.6) is 0 Å². The van der Waals surface area contributed by atoms with Gasteiger partial charge >= 0.3 is 0 Å². The smallest absolute Gasteiger partial charge is 0.130 e. The lowest BCUT2D eigenvalue weighted by Gasteiger charge is -2.32. The minimum Gasteiger partial charge on any atom is -0.274 e. The average molecular weight is 276 g/mol. The Bertz CT molecular complexity index is 222. The van der Waals surface area contributed by atoms with Crippen molar-refractivity contribution in [3.8, 4) is 0 Å². The van der Waals surface area contributed by atoms with E-state index in [1.54, 1.807) is 0 Å². The molecule has 0 fully saturated rings. The predicted molar refractivity (Wildman–Crippen MR) is 68.7 cm³/mol. The summed E-state index contributed by atoms with van der Waals surface area (Å²) in [6.45, 7) is 10.1. The first-order valence-electron chi connectivity index (χ1n) is 5.69. The lowest BCUT2D eigenvalue weighted by atomic mass is 9.90. The van der Waals surface area contributed by atoms with Crippen molar-refractivity contribution in [1.82, 2.24) is 8.93 Å². The van der Waals surface area contributed by atoms with E-state index in [9.17, 15) is 0 Å². The van der Waals surface area contributed by atoms with Gasteiger partial charge in [0.1, 0.15) is 12.5 Å². The lowest BCUT2D eigenvalue weighted by Crippen LogP contribution is -2.38. The fraction of sp³-hybridized carbons (Fsp3) is 0.909. The van der Waals surface area contributed by atoms with Gasteiger partial charge in [0.25, 0.3) is 0 Å². The summed E-state index contributed by atoms with van der Waals surface area (Å²) in [6.07, 6.45) is 5.78. The summed E-state index contributed by atoms with van der Waals surface area (Å²) in [5.41, 5.74) is 0.328. The van der Waals surface area contributed by atoms with E-state index in [0.717, 1.165) is 13.0 Å². The zero-order valence-electron chi connectivity index (χ0n) is 10.2. The highest BCUT2D eigenvalue weighted by Gasteiger charge is 2.30. The van der Waals surface area contributed by atoms with Crippen molar-refractivity contribution in [3.63, 3.8) is 0 Å². The monoisotopic (exact) mass is 275 g/mol. The highest BCUT2D eigenvalue weighted by atomic mass is 79.9. The van der Waals surface area contributed by atoms with Crippen LogP contribution in [0.3, 0.4) is 0 Å². The molecule has 0 spiro atoms. The molecule has 0 saturated carbocycles. The summed E-state index contributed by atoms with van der Waals surface area (Å²) < 4.78 is 2.04. The third-order valence-electron chi connectivity index (χ3n) is 2.47. The molecule has 0 bridgehead atoms. The zero-order valence-corrected chi connectivity index (χ0v) is 11.8. The first-order chi connectivity index (χ1) is 6.94. The fourth-order valence-corrected chi connectivity index (χ4v) is 2.10. The van der Waals surface area contributed by atoms with Crippen molar-refractivity contribution in [1.29, 1.82) is 0 Å². The van der Waals surface area contributed by atoms with Crippen LogP contribution in [-0.2, 0) is 0 Å². The summed E-state index contributed by atoms with van der Waals surface area (Å²) in [7, 11) is 0. The first kappa shape index (κ1) is 12.8. The molecule has 1 aliphatic heterocycles. The molecule has 1 rings (SSSR count). The fourth-order valence-electron chi connectivity index (χ4n) is 1.66. The summed E-state index contributed by atoms with van der Waals surface area (Å²) in [6, 6.07) is 0. The molecule has 1 atom stereocenters. The Morgan fingerprint density at radius 2 is 2.07 bits per heavy atom. The maximum absolute atomic E-state index is 4.41. The van der Waals surface area contributed by atoms with Crippen molar-refractivity contribution in [3.05, 3.63) is 0 Å². The highest BCUT2D eigenvalue weighted by Crippen LogP contribution is 2.29. The molecule has 0 radical (unpaired) electrons. The Labute approximate surface area is 102 Å². The number of hydrogen-bond donors (Lipinski definition) is 0. The average Bonchev–Trinajstić information content (AvgIpc) is 2.43. The molecule has 0 amide bonds. The molecule has 1 unspecified atom stereocenters. The van der Waals surface area contributed by atoms with Gasteiger partial charge in [-0.05, 0) is 18.3 Å². The van der Waals surface area contributed by atoms with Crippen LogP contribution in [0.2, 0.25) is 0 Å². The minimum atomic E-state index is 0.328. The second-order valence-electron chi connectivity index (χ2n) is 5.34. The molecule has 0 aromatic heterocycles. The zero-order chi connectivity index (χ0) is 11.5. The highest BCUT2D eigenvalue weighted by molar-refractivity contribution is 9.07. The summed E-state index contributed by atoms with van der Waals surface area (Å²) >= 11 is 3.53. The summed E-state index contributed by atoms with van der Waals surface area (Å²) in [5.74, 6) is 0. The second kappa shape index (κ2) is 5.19. The first-order valence-corrected chi connectivity index (χ1v) is 6.40. The molecule has 3 nitrogen and oxygen atoms in total. The Balaban J connectivity index is 2.52. The number of rotatable bonds is 4. The maximum Gasteiger partial charge on any atom is 0.130 e. The van der Waals surface area contributed by atoms with Crippen LogP contribution in [0.15, 0.2) is 5.10 Å². The van der Waals surface area contributed by atoms with Crippen LogP contribution in [-0.4, -0.2) is 28.0 Å². The molecule has 15 heavy (non-hydrogen) atoms. The van der Waals surface area contributed by atoms with Crippen LogP contribution >= 0.6 is 16.1 Å². The van der Waals surface area contributed by atoms with Crippen LogP contribution in [0.1, 0.15) is 47.0 Å².